The molecular formula is C15H20O3S. The van der Waals surface area contributed by atoms with Crippen molar-refractivity contribution in [2.24, 2.45) is 5.92 Å². The van der Waals surface area contributed by atoms with Gasteiger partial charge >= 0.3 is 5.97 Å². The lowest BCUT2D eigenvalue weighted by Gasteiger charge is -2.10. The second-order valence-corrected chi connectivity index (χ2v) is 6.24. The van der Waals surface area contributed by atoms with Gasteiger partial charge in [0.1, 0.15) is 0 Å². The molecule has 0 aliphatic heterocycles. The molecule has 1 aliphatic rings. The summed E-state index contributed by atoms with van der Waals surface area (Å²) in [4.78, 5) is 25.3. The Balaban J connectivity index is 2.00. The van der Waals surface area contributed by atoms with Crippen molar-refractivity contribution in [2.75, 3.05) is 7.11 Å². The summed E-state index contributed by atoms with van der Waals surface area (Å²) in [5, 5.41) is 0. The molecule has 3 nitrogen and oxygen atoms in total. The van der Waals surface area contributed by atoms with Crippen LogP contribution in [0.5, 0.6) is 0 Å². The first-order chi connectivity index (χ1) is 9.20. The van der Waals surface area contributed by atoms with E-state index < -0.39 is 0 Å². The highest BCUT2D eigenvalue weighted by Crippen LogP contribution is 2.28. The third-order valence-corrected chi connectivity index (χ3v) is 4.78. The molecule has 1 heterocycles. The third-order valence-electron chi connectivity index (χ3n) is 3.68. The van der Waals surface area contributed by atoms with Gasteiger partial charge in [0.05, 0.1) is 18.4 Å². The molecule has 0 N–H and O–H groups in total. The van der Waals surface area contributed by atoms with E-state index in [0.29, 0.717) is 0 Å². The van der Waals surface area contributed by atoms with E-state index in [-0.39, 0.29) is 24.1 Å². The average Bonchev–Trinajstić information content (AvgIpc) is 2.71. The molecule has 0 saturated heterocycles. The zero-order chi connectivity index (χ0) is 13.7. The fourth-order valence-corrected chi connectivity index (χ4v) is 3.57. The Hall–Kier alpha value is -1.16. The van der Waals surface area contributed by atoms with Gasteiger partial charge in [-0.2, -0.15) is 0 Å². The zero-order valence-electron chi connectivity index (χ0n) is 11.3. The molecule has 19 heavy (non-hydrogen) atoms. The van der Waals surface area contributed by atoms with Crippen molar-refractivity contribution in [3.63, 3.8) is 0 Å². The maximum Gasteiger partial charge on any atom is 0.310 e. The number of methoxy groups -OCH3 is 1. The summed E-state index contributed by atoms with van der Waals surface area (Å²) in [6, 6.07) is 3.72. The number of rotatable bonds is 4. The number of carbonyl (C=O) groups is 2. The van der Waals surface area contributed by atoms with Crippen molar-refractivity contribution in [1.82, 2.24) is 0 Å². The monoisotopic (exact) mass is 280 g/mol. The topological polar surface area (TPSA) is 43.4 Å². The Morgan fingerprint density at radius 1 is 1.21 bits per heavy atom. The van der Waals surface area contributed by atoms with Gasteiger partial charge in [-0.25, -0.2) is 0 Å². The van der Waals surface area contributed by atoms with Crippen LogP contribution in [0.25, 0.3) is 0 Å². The van der Waals surface area contributed by atoms with Gasteiger partial charge < -0.3 is 4.74 Å². The Morgan fingerprint density at radius 3 is 2.53 bits per heavy atom. The number of esters is 1. The highest BCUT2D eigenvalue weighted by Gasteiger charge is 2.22. The number of carbonyl (C=O) groups excluding carboxylic acids is 2. The first-order valence-corrected chi connectivity index (χ1v) is 7.72. The van der Waals surface area contributed by atoms with Crippen molar-refractivity contribution in [3.8, 4) is 0 Å². The van der Waals surface area contributed by atoms with Gasteiger partial charge in [0.2, 0.25) is 0 Å². The van der Waals surface area contributed by atoms with Gasteiger partial charge in [-0.3, -0.25) is 9.59 Å². The summed E-state index contributed by atoms with van der Waals surface area (Å²) in [7, 11) is 1.38. The first kappa shape index (κ1) is 14.3. The molecule has 1 fully saturated rings. The minimum atomic E-state index is -0.254. The molecule has 1 saturated carbocycles. The minimum absolute atomic E-state index is 0.187. The highest BCUT2D eigenvalue weighted by atomic mass is 32.1. The standard InChI is InChI=1S/C15H20O3S/c1-18-14(16)10-12-8-9-13(19-12)15(17)11-6-4-2-3-5-7-11/h8-9,11H,2-7,10H2,1H3. The Bertz CT molecular complexity index is 442. The number of hydrogen-bond acceptors (Lipinski definition) is 4. The van der Waals surface area contributed by atoms with Crippen LogP contribution in [0.2, 0.25) is 0 Å². The van der Waals surface area contributed by atoms with E-state index in [1.807, 2.05) is 12.1 Å². The molecule has 2 rings (SSSR count). The summed E-state index contributed by atoms with van der Waals surface area (Å²) >= 11 is 1.43. The number of Topliss-reactive ketones (excluding diaryl/α,β-unsaturated/α-hetero) is 1. The molecule has 1 aromatic rings. The highest BCUT2D eigenvalue weighted by molar-refractivity contribution is 7.14. The minimum Gasteiger partial charge on any atom is -0.469 e. The fourth-order valence-electron chi connectivity index (χ4n) is 2.56. The van der Waals surface area contributed by atoms with Crippen molar-refractivity contribution in [1.29, 1.82) is 0 Å². The predicted octanol–water partition coefficient (Wildman–Crippen LogP) is 3.62. The van der Waals surface area contributed by atoms with Crippen molar-refractivity contribution >= 4 is 23.1 Å². The quantitative estimate of drug-likeness (QED) is 0.480. The van der Waals surface area contributed by atoms with Crippen LogP contribution in [0, 0.1) is 5.92 Å². The molecule has 0 bridgehead atoms. The summed E-state index contributed by atoms with van der Waals surface area (Å²) in [6.45, 7) is 0. The second-order valence-electron chi connectivity index (χ2n) is 5.07. The normalized spacial score (nSPS) is 16.9. The van der Waals surface area contributed by atoms with Crippen molar-refractivity contribution in [3.05, 3.63) is 21.9 Å². The van der Waals surface area contributed by atoms with E-state index in [9.17, 15) is 9.59 Å². The van der Waals surface area contributed by atoms with Crippen molar-refractivity contribution < 1.29 is 14.3 Å². The Labute approximate surface area is 118 Å². The Kier molecular flexibility index (Phi) is 5.14. The van der Waals surface area contributed by atoms with E-state index in [4.69, 9.17) is 0 Å². The maximum atomic E-state index is 12.4. The van der Waals surface area contributed by atoms with E-state index in [2.05, 4.69) is 4.74 Å². The molecule has 104 valence electrons. The van der Waals surface area contributed by atoms with Crippen LogP contribution >= 0.6 is 11.3 Å². The van der Waals surface area contributed by atoms with Gasteiger partial charge in [0.15, 0.2) is 5.78 Å². The van der Waals surface area contributed by atoms with Crippen LogP contribution in [0.15, 0.2) is 12.1 Å². The molecule has 1 aliphatic carbocycles. The number of ketones is 1. The van der Waals surface area contributed by atoms with Gasteiger partial charge in [-0.1, -0.05) is 25.7 Å². The van der Waals surface area contributed by atoms with Crippen LogP contribution < -0.4 is 0 Å². The van der Waals surface area contributed by atoms with Crippen LogP contribution in [-0.2, 0) is 16.0 Å². The molecule has 0 radical (unpaired) electrons. The van der Waals surface area contributed by atoms with Gasteiger partial charge in [0.25, 0.3) is 0 Å². The second kappa shape index (κ2) is 6.85. The molecule has 4 heteroatoms. The lowest BCUT2D eigenvalue weighted by atomic mass is 9.94. The molecule has 0 aromatic carbocycles. The van der Waals surface area contributed by atoms with Crippen LogP contribution in [0.4, 0.5) is 0 Å². The van der Waals surface area contributed by atoms with E-state index in [0.717, 1.165) is 35.4 Å². The zero-order valence-corrected chi connectivity index (χ0v) is 12.1. The van der Waals surface area contributed by atoms with E-state index >= 15 is 0 Å². The SMILES string of the molecule is COC(=O)Cc1ccc(C(=O)C2CCCCCC2)s1. The largest absolute Gasteiger partial charge is 0.469 e. The lowest BCUT2D eigenvalue weighted by molar-refractivity contribution is -0.139. The van der Waals surface area contributed by atoms with E-state index in [1.54, 1.807) is 0 Å². The molecule has 0 spiro atoms. The molecule has 0 atom stereocenters. The Morgan fingerprint density at radius 2 is 1.89 bits per heavy atom. The predicted molar refractivity (Wildman–Crippen MR) is 75.6 cm³/mol. The first-order valence-electron chi connectivity index (χ1n) is 6.90. The summed E-state index contributed by atoms with van der Waals surface area (Å²) in [5.74, 6) is 0.199. The molecular weight excluding hydrogens is 260 g/mol. The van der Waals surface area contributed by atoms with Crippen LogP contribution in [0.1, 0.15) is 53.1 Å². The number of ether oxygens (including phenoxy) is 1. The van der Waals surface area contributed by atoms with Gasteiger partial charge in [-0.15, -0.1) is 11.3 Å². The maximum absolute atomic E-state index is 12.4. The van der Waals surface area contributed by atoms with Gasteiger partial charge in [-0.05, 0) is 25.0 Å². The summed E-state index contributed by atoms with van der Waals surface area (Å²) in [6.07, 6.45) is 7.13. The van der Waals surface area contributed by atoms with E-state index in [1.165, 1.54) is 31.3 Å². The smallest absolute Gasteiger partial charge is 0.310 e. The summed E-state index contributed by atoms with van der Waals surface area (Å²) in [5.41, 5.74) is 0. The van der Waals surface area contributed by atoms with Crippen molar-refractivity contribution in [2.45, 2.75) is 44.9 Å². The summed E-state index contributed by atoms with van der Waals surface area (Å²) < 4.78 is 4.64. The number of hydrogen-bond donors (Lipinski definition) is 0. The molecule has 0 amide bonds. The lowest BCUT2D eigenvalue weighted by Crippen LogP contribution is -2.12. The average molecular weight is 280 g/mol. The van der Waals surface area contributed by atoms with Gasteiger partial charge in [0, 0.05) is 10.8 Å². The van der Waals surface area contributed by atoms with Crippen LogP contribution in [-0.4, -0.2) is 18.9 Å². The molecule has 0 unspecified atom stereocenters. The number of thiophene rings is 1. The van der Waals surface area contributed by atoms with Crippen LogP contribution in [0.3, 0.4) is 0 Å². The molecule has 1 aromatic heterocycles. The third kappa shape index (κ3) is 3.90. The fraction of sp³-hybridized carbons (Fsp3) is 0.600.